The van der Waals surface area contributed by atoms with Gasteiger partial charge in [0.15, 0.2) is 29.1 Å². The summed E-state index contributed by atoms with van der Waals surface area (Å²) in [6.07, 6.45) is 1.13. The van der Waals surface area contributed by atoms with Crippen molar-refractivity contribution in [2.24, 2.45) is 0 Å². The highest BCUT2D eigenvalue weighted by atomic mass is 19.2. The van der Waals surface area contributed by atoms with Gasteiger partial charge in [-0.25, -0.2) is 22.0 Å². The zero-order valence-corrected chi connectivity index (χ0v) is 10.7. The largest absolute Gasteiger partial charge is 0.508 e. The molecule has 7 heteroatoms. The monoisotopic (exact) mass is 314 g/mol. The third-order valence-electron chi connectivity index (χ3n) is 2.78. The van der Waals surface area contributed by atoms with Crippen molar-refractivity contribution in [1.82, 2.24) is 0 Å². The Bertz CT molecular complexity index is 755. The average Bonchev–Trinajstić information content (AvgIpc) is 2.50. The van der Waals surface area contributed by atoms with E-state index in [0.29, 0.717) is 12.2 Å². The van der Waals surface area contributed by atoms with Crippen molar-refractivity contribution in [3.8, 4) is 5.75 Å². The standard InChI is InChI=1S/C15H7F5O2/c16-11-9(12(17)14(19)15(20)13(11)18)4-5-10(22)7-2-1-3-8(21)6-7/h1-6,21H. The Labute approximate surface area is 121 Å². The van der Waals surface area contributed by atoms with Crippen molar-refractivity contribution in [2.75, 3.05) is 0 Å². The summed E-state index contributed by atoms with van der Waals surface area (Å²) in [4.78, 5) is 11.7. The molecule has 0 aliphatic rings. The molecule has 0 radical (unpaired) electrons. The molecule has 0 amide bonds. The molecular formula is C15H7F5O2. The molecule has 0 saturated heterocycles. The molecule has 1 N–H and O–H groups in total. The molecule has 114 valence electrons. The Morgan fingerprint density at radius 2 is 1.45 bits per heavy atom. The molecule has 2 aromatic rings. The minimum Gasteiger partial charge on any atom is -0.508 e. The maximum Gasteiger partial charge on any atom is 0.200 e. The third kappa shape index (κ3) is 2.83. The number of carbonyl (C=O) groups is 1. The zero-order chi connectivity index (χ0) is 16.4. The van der Waals surface area contributed by atoms with E-state index in [9.17, 15) is 31.9 Å². The van der Waals surface area contributed by atoms with Gasteiger partial charge in [-0.15, -0.1) is 0 Å². The predicted octanol–water partition coefficient (Wildman–Crippen LogP) is 3.98. The summed E-state index contributed by atoms with van der Waals surface area (Å²) in [7, 11) is 0. The summed E-state index contributed by atoms with van der Waals surface area (Å²) in [6, 6.07) is 5.05. The summed E-state index contributed by atoms with van der Waals surface area (Å²) >= 11 is 0. The molecule has 2 rings (SSSR count). The Balaban J connectivity index is 2.41. The van der Waals surface area contributed by atoms with Gasteiger partial charge >= 0.3 is 0 Å². The van der Waals surface area contributed by atoms with Crippen LogP contribution in [0.3, 0.4) is 0 Å². The van der Waals surface area contributed by atoms with Crippen molar-refractivity contribution >= 4 is 11.9 Å². The summed E-state index contributed by atoms with van der Waals surface area (Å²) in [5.74, 6) is -11.5. The molecule has 0 aliphatic carbocycles. The lowest BCUT2D eigenvalue weighted by Gasteiger charge is -2.04. The number of aromatic hydroxyl groups is 1. The maximum absolute atomic E-state index is 13.4. The molecule has 2 aromatic carbocycles. The maximum atomic E-state index is 13.4. The van der Waals surface area contributed by atoms with Gasteiger partial charge in [0.05, 0.1) is 5.56 Å². The fraction of sp³-hybridized carbons (Fsp3) is 0. The summed E-state index contributed by atoms with van der Waals surface area (Å²) in [6.45, 7) is 0. The molecule has 0 fully saturated rings. The SMILES string of the molecule is O=C(C=Cc1c(F)c(F)c(F)c(F)c1F)c1cccc(O)c1. The third-order valence-corrected chi connectivity index (χ3v) is 2.78. The minimum atomic E-state index is -2.27. The van der Waals surface area contributed by atoms with Crippen molar-refractivity contribution < 1.29 is 31.9 Å². The normalized spacial score (nSPS) is 11.1. The molecule has 22 heavy (non-hydrogen) atoms. The van der Waals surface area contributed by atoms with E-state index in [1.165, 1.54) is 18.2 Å². The molecule has 0 aliphatic heterocycles. The number of phenolic OH excluding ortho intramolecular Hbond substituents is 1. The van der Waals surface area contributed by atoms with Gasteiger partial charge in [-0.1, -0.05) is 12.1 Å². The molecule has 0 heterocycles. The molecular weight excluding hydrogens is 307 g/mol. The van der Waals surface area contributed by atoms with Crippen LogP contribution in [0.5, 0.6) is 5.75 Å². The molecule has 0 atom stereocenters. The zero-order valence-electron chi connectivity index (χ0n) is 10.7. The van der Waals surface area contributed by atoms with Crippen molar-refractivity contribution in [1.29, 1.82) is 0 Å². The first-order valence-electron chi connectivity index (χ1n) is 5.85. The predicted molar refractivity (Wildman–Crippen MR) is 67.7 cm³/mol. The lowest BCUT2D eigenvalue weighted by Crippen LogP contribution is -2.04. The van der Waals surface area contributed by atoms with Crippen LogP contribution in [0.15, 0.2) is 30.3 Å². The summed E-state index contributed by atoms with van der Waals surface area (Å²) in [5.41, 5.74) is -1.23. The van der Waals surface area contributed by atoms with Crippen molar-refractivity contribution in [3.05, 3.63) is 70.6 Å². The highest BCUT2D eigenvalue weighted by Gasteiger charge is 2.24. The van der Waals surface area contributed by atoms with Crippen LogP contribution in [0.2, 0.25) is 0 Å². The van der Waals surface area contributed by atoms with Crippen LogP contribution in [0, 0.1) is 29.1 Å². The first kappa shape index (κ1) is 15.7. The fourth-order valence-corrected chi connectivity index (χ4v) is 1.68. The highest BCUT2D eigenvalue weighted by Crippen LogP contribution is 2.24. The van der Waals surface area contributed by atoms with Crippen LogP contribution in [0.25, 0.3) is 6.08 Å². The van der Waals surface area contributed by atoms with Gasteiger partial charge in [0.25, 0.3) is 0 Å². The summed E-state index contributed by atoms with van der Waals surface area (Å²) in [5, 5.41) is 9.20. The van der Waals surface area contributed by atoms with Gasteiger partial charge in [0.1, 0.15) is 5.75 Å². The molecule has 0 aromatic heterocycles. The minimum absolute atomic E-state index is 0.0138. The van der Waals surface area contributed by atoms with E-state index >= 15 is 0 Å². The van der Waals surface area contributed by atoms with Gasteiger partial charge in [0, 0.05) is 5.56 Å². The quantitative estimate of drug-likeness (QED) is 0.306. The van der Waals surface area contributed by atoms with Crippen LogP contribution >= 0.6 is 0 Å². The fourth-order valence-electron chi connectivity index (χ4n) is 1.68. The van der Waals surface area contributed by atoms with E-state index < -0.39 is 40.4 Å². The van der Waals surface area contributed by atoms with Crippen LogP contribution in [0.4, 0.5) is 22.0 Å². The molecule has 0 saturated carbocycles. The Morgan fingerprint density at radius 3 is 2.00 bits per heavy atom. The second-order valence-corrected chi connectivity index (χ2v) is 4.23. The number of rotatable bonds is 3. The number of allylic oxidation sites excluding steroid dienone is 1. The van der Waals surface area contributed by atoms with E-state index in [0.717, 1.165) is 6.07 Å². The topological polar surface area (TPSA) is 37.3 Å². The van der Waals surface area contributed by atoms with E-state index in [-0.39, 0.29) is 11.3 Å². The van der Waals surface area contributed by atoms with Gasteiger partial charge in [0.2, 0.25) is 5.82 Å². The van der Waals surface area contributed by atoms with Crippen LogP contribution in [0.1, 0.15) is 15.9 Å². The number of hydrogen-bond acceptors (Lipinski definition) is 2. The van der Waals surface area contributed by atoms with E-state index in [4.69, 9.17) is 0 Å². The lowest BCUT2D eigenvalue weighted by atomic mass is 10.1. The number of halogens is 5. The van der Waals surface area contributed by atoms with Crippen LogP contribution in [-0.4, -0.2) is 10.9 Å². The number of carbonyl (C=O) groups excluding carboxylic acids is 1. The second kappa shape index (κ2) is 5.97. The molecule has 0 spiro atoms. The van der Waals surface area contributed by atoms with Crippen LogP contribution < -0.4 is 0 Å². The molecule has 0 unspecified atom stereocenters. The first-order valence-corrected chi connectivity index (χ1v) is 5.85. The van der Waals surface area contributed by atoms with E-state index in [2.05, 4.69) is 0 Å². The lowest BCUT2D eigenvalue weighted by molar-refractivity contribution is 0.104. The van der Waals surface area contributed by atoms with E-state index in [1.807, 2.05) is 0 Å². The highest BCUT2D eigenvalue weighted by molar-refractivity contribution is 6.07. The number of hydrogen-bond donors (Lipinski definition) is 1. The first-order chi connectivity index (χ1) is 10.3. The number of ketones is 1. The van der Waals surface area contributed by atoms with Gasteiger partial charge < -0.3 is 5.11 Å². The van der Waals surface area contributed by atoms with Gasteiger partial charge in [-0.05, 0) is 24.3 Å². The average molecular weight is 314 g/mol. The molecule has 2 nitrogen and oxygen atoms in total. The van der Waals surface area contributed by atoms with Crippen LogP contribution in [-0.2, 0) is 0 Å². The van der Waals surface area contributed by atoms with E-state index in [1.54, 1.807) is 0 Å². The Hall–Kier alpha value is -2.70. The van der Waals surface area contributed by atoms with Crippen molar-refractivity contribution in [3.63, 3.8) is 0 Å². The summed E-state index contributed by atoms with van der Waals surface area (Å²) < 4.78 is 65.6. The Morgan fingerprint density at radius 1 is 0.909 bits per heavy atom. The smallest absolute Gasteiger partial charge is 0.200 e. The molecule has 0 bridgehead atoms. The Kier molecular flexibility index (Phi) is 4.25. The van der Waals surface area contributed by atoms with Gasteiger partial charge in [-0.2, -0.15) is 0 Å². The van der Waals surface area contributed by atoms with Gasteiger partial charge in [-0.3, -0.25) is 4.79 Å². The number of benzene rings is 2. The number of phenols is 1. The van der Waals surface area contributed by atoms with Crippen molar-refractivity contribution in [2.45, 2.75) is 0 Å². The second-order valence-electron chi connectivity index (χ2n) is 4.23.